The third kappa shape index (κ3) is 8.41. The number of nitrogens with one attached hydrogen (secondary N) is 4. The Bertz CT molecular complexity index is 1880. The van der Waals surface area contributed by atoms with Crippen LogP contribution >= 0.6 is 34.5 Å². The van der Waals surface area contributed by atoms with E-state index < -0.39 is 0 Å². The van der Waals surface area contributed by atoms with Crippen LogP contribution in [0.25, 0.3) is 22.5 Å². The average molecular weight is 738 g/mol. The zero-order chi connectivity index (χ0) is 35.2. The molecule has 50 heavy (non-hydrogen) atoms. The first-order chi connectivity index (χ1) is 24.2. The number of methoxy groups -OCH3 is 1. The summed E-state index contributed by atoms with van der Waals surface area (Å²) in [7, 11) is 1.57. The summed E-state index contributed by atoms with van der Waals surface area (Å²) in [5.41, 5.74) is 3.49. The van der Waals surface area contributed by atoms with Gasteiger partial charge < -0.3 is 30.9 Å². The molecule has 6 rings (SSSR count). The van der Waals surface area contributed by atoms with Crippen LogP contribution in [0.2, 0.25) is 10.0 Å². The molecule has 1 atom stereocenters. The van der Waals surface area contributed by atoms with Crippen molar-refractivity contribution in [1.29, 1.82) is 0 Å². The molecule has 262 valence electrons. The molecule has 0 bridgehead atoms. The van der Waals surface area contributed by atoms with Crippen molar-refractivity contribution in [2.75, 3.05) is 32.1 Å². The summed E-state index contributed by atoms with van der Waals surface area (Å²) < 4.78 is 5.60. The van der Waals surface area contributed by atoms with Gasteiger partial charge in [0.25, 0.3) is 5.91 Å². The maximum Gasteiger partial charge on any atom is 0.284 e. The number of amides is 3. The van der Waals surface area contributed by atoms with Crippen molar-refractivity contribution in [1.82, 2.24) is 35.8 Å². The number of likely N-dealkylation sites (tertiary alicyclic amines) is 1. The first-order valence-corrected chi connectivity index (χ1v) is 18.0. The number of ether oxygens (including phenoxy) is 1. The molecule has 2 fully saturated rings. The van der Waals surface area contributed by atoms with E-state index in [4.69, 9.17) is 32.9 Å². The quantitative estimate of drug-likeness (QED) is 0.152. The van der Waals surface area contributed by atoms with Gasteiger partial charge in [-0.15, -0.1) is 11.3 Å². The normalized spacial score (nSPS) is 16.4. The molecule has 5 heterocycles. The van der Waals surface area contributed by atoms with Gasteiger partial charge in [0.15, 0.2) is 5.01 Å². The van der Waals surface area contributed by atoms with Crippen molar-refractivity contribution in [2.24, 2.45) is 0 Å². The molecule has 3 aromatic heterocycles. The van der Waals surface area contributed by atoms with E-state index in [1.54, 1.807) is 50.7 Å². The minimum absolute atomic E-state index is 0.0842. The van der Waals surface area contributed by atoms with E-state index in [1.165, 1.54) is 11.3 Å². The van der Waals surface area contributed by atoms with Crippen LogP contribution in [0.15, 0.2) is 48.8 Å². The summed E-state index contributed by atoms with van der Waals surface area (Å²) in [5.74, 6) is 0.278. The minimum Gasteiger partial charge on any atom is -0.481 e. The molecule has 3 amide bonds. The van der Waals surface area contributed by atoms with Crippen LogP contribution in [0, 0.1) is 0 Å². The summed E-state index contributed by atoms with van der Waals surface area (Å²) >= 11 is 15.1. The van der Waals surface area contributed by atoms with Crippen molar-refractivity contribution >= 4 is 57.9 Å². The van der Waals surface area contributed by atoms with Gasteiger partial charge in [-0.1, -0.05) is 41.4 Å². The maximum absolute atomic E-state index is 13.2. The topological polar surface area (TPSA) is 150 Å². The number of nitrogens with zero attached hydrogens (tertiary/aromatic N) is 4. The number of anilines is 1. The fourth-order valence-electron chi connectivity index (χ4n) is 6.10. The molecular weight excluding hydrogens is 699 g/mol. The highest BCUT2D eigenvalue weighted by molar-refractivity contribution is 7.13. The molecule has 12 nitrogen and oxygen atoms in total. The fraction of sp³-hybridized carbons (Fsp3) is 0.371. The number of carbonyl (C=O) groups excluding carboxylic acids is 3. The third-order valence-corrected chi connectivity index (χ3v) is 10.6. The van der Waals surface area contributed by atoms with Crippen LogP contribution in [0.1, 0.15) is 52.8 Å². The van der Waals surface area contributed by atoms with Gasteiger partial charge in [0.2, 0.25) is 17.7 Å². The first-order valence-electron chi connectivity index (χ1n) is 16.4. The van der Waals surface area contributed by atoms with Gasteiger partial charge >= 0.3 is 0 Å². The molecular formula is C35H38Cl2N8O4S. The molecule has 0 unspecified atom stereocenters. The van der Waals surface area contributed by atoms with Crippen molar-refractivity contribution in [2.45, 2.75) is 57.8 Å². The number of carbonyl (C=O) groups is 3. The predicted molar refractivity (Wildman–Crippen MR) is 195 cm³/mol. The van der Waals surface area contributed by atoms with Gasteiger partial charge in [0.1, 0.15) is 0 Å². The molecule has 0 aliphatic carbocycles. The van der Waals surface area contributed by atoms with Crippen LogP contribution in [-0.2, 0) is 22.7 Å². The minimum atomic E-state index is -0.373. The molecule has 0 spiro atoms. The highest BCUT2D eigenvalue weighted by atomic mass is 35.5. The molecule has 4 aromatic rings. The smallest absolute Gasteiger partial charge is 0.284 e. The Hall–Kier alpha value is -4.14. The van der Waals surface area contributed by atoms with Crippen molar-refractivity contribution < 1.29 is 19.1 Å². The van der Waals surface area contributed by atoms with Gasteiger partial charge in [0, 0.05) is 92.1 Å². The van der Waals surface area contributed by atoms with Crippen LogP contribution in [0.4, 0.5) is 5.69 Å². The lowest BCUT2D eigenvalue weighted by atomic mass is 10.1. The van der Waals surface area contributed by atoms with E-state index in [0.717, 1.165) is 42.8 Å². The molecule has 0 radical (unpaired) electrons. The van der Waals surface area contributed by atoms with E-state index in [9.17, 15) is 14.4 Å². The van der Waals surface area contributed by atoms with E-state index in [1.807, 2.05) is 17.0 Å². The number of thiazole rings is 1. The average Bonchev–Trinajstić information content (AvgIpc) is 3.78. The first kappa shape index (κ1) is 35.7. The largest absolute Gasteiger partial charge is 0.481 e. The maximum atomic E-state index is 13.2. The Labute approximate surface area is 304 Å². The number of hydrogen-bond acceptors (Lipinski definition) is 10. The summed E-state index contributed by atoms with van der Waals surface area (Å²) in [4.78, 5) is 52.7. The second-order valence-corrected chi connectivity index (χ2v) is 14.1. The van der Waals surface area contributed by atoms with Crippen molar-refractivity contribution in [3.8, 4) is 28.4 Å². The monoisotopic (exact) mass is 736 g/mol. The van der Waals surface area contributed by atoms with Crippen LogP contribution in [-0.4, -0.2) is 76.4 Å². The lowest BCUT2D eigenvalue weighted by Crippen LogP contribution is -2.43. The molecule has 0 saturated carbocycles. The summed E-state index contributed by atoms with van der Waals surface area (Å²) in [5, 5.41) is 13.7. The van der Waals surface area contributed by atoms with E-state index >= 15 is 0 Å². The Morgan fingerprint density at radius 2 is 1.86 bits per heavy atom. The number of hydrogen-bond donors (Lipinski definition) is 4. The lowest BCUT2D eigenvalue weighted by molar-refractivity contribution is -0.130. The number of aromatic nitrogens is 3. The summed E-state index contributed by atoms with van der Waals surface area (Å²) in [6, 6.07) is 11.3. The van der Waals surface area contributed by atoms with E-state index in [2.05, 4.69) is 31.2 Å². The molecule has 4 N–H and O–H groups in total. The summed E-state index contributed by atoms with van der Waals surface area (Å²) in [6.07, 6.45) is 6.49. The Kier molecular flexibility index (Phi) is 11.6. The Morgan fingerprint density at radius 3 is 2.60 bits per heavy atom. The number of halogens is 2. The van der Waals surface area contributed by atoms with Crippen LogP contribution < -0.4 is 26.0 Å². The van der Waals surface area contributed by atoms with Crippen LogP contribution in [0.5, 0.6) is 5.88 Å². The number of pyridine rings is 2. The molecule has 2 aliphatic heterocycles. The molecule has 2 saturated heterocycles. The van der Waals surface area contributed by atoms with Crippen molar-refractivity contribution in [3.63, 3.8) is 0 Å². The third-order valence-electron chi connectivity index (χ3n) is 8.84. The standard InChI is InChI=1S/C35H38Cl2N8O4S/c1-20(46)45-14-11-22(12-15-45)40-18-24-19-41-35(50-24)33(48)43-28-5-3-4-26(30(28)36)32-31(37)25(10-13-39-32)27-8-6-21(34(44-27)49-2)16-38-17-23-7-9-29(47)42-23/h3-6,8,10,13,19,22-23,38,40H,7,9,11-12,14-18H2,1-2H3,(H,42,47)(H,43,48)/t23-/m1/s1. The predicted octanol–water partition coefficient (Wildman–Crippen LogP) is 5.30. The second kappa shape index (κ2) is 16.3. The molecule has 2 aliphatic rings. The number of rotatable bonds is 12. The summed E-state index contributed by atoms with van der Waals surface area (Å²) in [6.45, 7) is 4.86. The Morgan fingerprint density at radius 1 is 1.04 bits per heavy atom. The number of piperidine rings is 1. The zero-order valence-corrected chi connectivity index (χ0v) is 30.1. The van der Waals surface area contributed by atoms with Gasteiger partial charge in [-0.05, 0) is 37.5 Å². The van der Waals surface area contributed by atoms with E-state index in [0.29, 0.717) is 76.2 Å². The highest BCUT2D eigenvalue weighted by Crippen LogP contribution is 2.40. The van der Waals surface area contributed by atoms with Gasteiger partial charge in [-0.25, -0.2) is 9.97 Å². The van der Waals surface area contributed by atoms with Crippen LogP contribution in [0.3, 0.4) is 0 Å². The van der Waals surface area contributed by atoms with Crippen molar-refractivity contribution in [3.05, 3.63) is 74.3 Å². The molecule has 15 heteroatoms. The van der Waals surface area contributed by atoms with Gasteiger partial charge in [0.05, 0.1) is 34.2 Å². The SMILES string of the molecule is COc1nc(-c2ccnc(-c3cccc(NC(=O)c4ncc(CNC5CCN(C(C)=O)CC5)s4)c3Cl)c2Cl)ccc1CNC[C@H]1CCC(=O)N1. The highest BCUT2D eigenvalue weighted by Gasteiger charge is 2.23. The zero-order valence-electron chi connectivity index (χ0n) is 27.7. The Balaban J connectivity index is 1.11. The van der Waals surface area contributed by atoms with Gasteiger partial charge in [-0.2, -0.15) is 0 Å². The lowest BCUT2D eigenvalue weighted by Gasteiger charge is -2.31. The number of benzene rings is 1. The second-order valence-electron chi connectivity index (χ2n) is 12.2. The molecule has 1 aromatic carbocycles. The van der Waals surface area contributed by atoms with Gasteiger partial charge in [-0.3, -0.25) is 19.4 Å². The van der Waals surface area contributed by atoms with E-state index in [-0.39, 0.29) is 28.8 Å². The fourth-order valence-corrected chi connectivity index (χ4v) is 7.43.